The Morgan fingerprint density at radius 1 is 1.03 bits per heavy atom. The van der Waals surface area contributed by atoms with E-state index in [0.717, 1.165) is 47.8 Å². The molecular weight excluding hydrogens is 462 g/mol. The van der Waals surface area contributed by atoms with E-state index >= 15 is 0 Å². The molecule has 0 saturated carbocycles. The zero-order valence-corrected chi connectivity index (χ0v) is 20.8. The molecule has 184 valence electrons. The molecule has 9 heteroatoms. The molecular formula is C26H31N5O3S. The fraction of sp³-hybridized carbons (Fsp3) is 0.423. The largest absolute Gasteiger partial charge is 0.486 e. The van der Waals surface area contributed by atoms with Gasteiger partial charge in [-0.1, -0.05) is 48.5 Å². The summed E-state index contributed by atoms with van der Waals surface area (Å²) in [7, 11) is 1.80. The second kappa shape index (κ2) is 11.1. The zero-order valence-electron chi connectivity index (χ0n) is 20.0. The Morgan fingerprint density at radius 3 is 2.57 bits per heavy atom. The normalized spacial score (nSPS) is 17.8. The molecule has 1 amide bonds. The number of benzene rings is 2. The fourth-order valence-electron chi connectivity index (χ4n) is 4.45. The number of fused-ring (bicyclic) bond motifs is 1. The summed E-state index contributed by atoms with van der Waals surface area (Å²) < 4.78 is 13.9. The topological polar surface area (TPSA) is 72.7 Å². The number of amides is 1. The number of carbonyl (C=O) groups is 1. The van der Waals surface area contributed by atoms with Crippen LogP contribution < -0.4 is 9.47 Å². The molecule has 1 aromatic heterocycles. The molecule has 0 spiro atoms. The SMILES string of the molecule is CN(CC1COc2ccccc2O1)C(=O)CSc1nnc(CN2CCCCC2)n1-c1ccccc1. The van der Waals surface area contributed by atoms with Crippen LogP contribution in [0.1, 0.15) is 25.1 Å². The third-order valence-electron chi connectivity index (χ3n) is 6.32. The van der Waals surface area contributed by atoms with Crippen molar-refractivity contribution < 1.29 is 14.3 Å². The van der Waals surface area contributed by atoms with Gasteiger partial charge in [0.1, 0.15) is 6.61 Å². The molecule has 2 aliphatic rings. The first kappa shape index (κ1) is 23.7. The molecule has 8 nitrogen and oxygen atoms in total. The van der Waals surface area contributed by atoms with Crippen molar-refractivity contribution in [3.63, 3.8) is 0 Å². The van der Waals surface area contributed by atoms with Gasteiger partial charge < -0.3 is 14.4 Å². The van der Waals surface area contributed by atoms with Crippen LogP contribution in [0.5, 0.6) is 11.5 Å². The maximum absolute atomic E-state index is 13.0. The van der Waals surface area contributed by atoms with Gasteiger partial charge in [0.25, 0.3) is 0 Å². The van der Waals surface area contributed by atoms with Crippen LogP contribution in [0, 0.1) is 0 Å². The van der Waals surface area contributed by atoms with Crippen LogP contribution in [0.4, 0.5) is 0 Å². The Balaban J connectivity index is 1.23. The molecule has 35 heavy (non-hydrogen) atoms. The summed E-state index contributed by atoms with van der Waals surface area (Å²) in [5.74, 6) is 2.66. The van der Waals surface area contributed by atoms with E-state index in [2.05, 4.69) is 31.8 Å². The van der Waals surface area contributed by atoms with Crippen LogP contribution in [-0.4, -0.2) is 75.6 Å². The summed E-state index contributed by atoms with van der Waals surface area (Å²) in [6.07, 6.45) is 3.54. The molecule has 0 bridgehead atoms. The molecule has 1 atom stereocenters. The molecule has 1 fully saturated rings. The first-order chi connectivity index (χ1) is 17.2. The van der Waals surface area contributed by atoms with Gasteiger partial charge in [-0.15, -0.1) is 10.2 Å². The predicted octanol–water partition coefficient (Wildman–Crippen LogP) is 3.64. The molecule has 2 aromatic carbocycles. The minimum absolute atomic E-state index is 0.0117. The van der Waals surface area contributed by atoms with Crippen LogP contribution in [0.2, 0.25) is 0 Å². The summed E-state index contributed by atoms with van der Waals surface area (Å²) in [6, 6.07) is 17.7. The maximum atomic E-state index is 13.0. The number of hydrogen-bond donors (Lipinski definition) is 0. The van der Waals surface area contributed by atoms with Crippen molar-refractivity contribution in [3.05, 3.63) is 60.4 Å². The number of thioether (sulfide) groups is 1. The number of ether oxygens (including phenoxy) is 2. The summed E-state index contributed by atoms with van der Waals surface area (Å²) in [5.41, 5.74) is 1.01. The van der Waals surface area contributed by atoms with E-state index in [1.165, 1.54) is 31.0 Å². The van der Waals surface area contributed by atoms with E-state index in [0.29, 0.717) is 13.2 Å². The first-order valence-corrected chi connectivity index (χ1v) is 13.1. The van der Waals surface area contributed by atoms with Crippen LogP contribution in [-0.2, 0) is 11.3 Å². The lowest BCUT2D eigenvalue weighted by atomic mass is 10.1. The number of piperidine rings is 1. The second-order valence-electron chi connectivity index (χ2n) is 8.97. The van der Waals surface area contributed by atoms with Gasteiger partial charge in [-0.3, -0.25) is 14.3 Å². The monoisotopic (exact) mass is 493 g/mol. The van der Waals surface area contributed by atoms with Crippen molar-refractivity contribution in [1.29, 1.82) is 0 Å². The highest BCUT2D eigenvalue weighted by Gasteiger charge is 2.25. The maximum Gasteiger partial charge on any atom is 0.232 e. The van der Waals surface area contributed by atoms with Crippen molar-refractivity contribution in [3.8, 4) is 17.2 Å². The molecule has 0 aliphatic carbocycles. The Morgan fingerprint density at radius 2 is 1.77 bits per heavy atom. The van der Waals surface area contributed by atoms with E-state index in [1.807, 2.05) is 42.5 Å². The van der Waals surface area contributed by atoms with Gasteiger partial charge in [0.05, 0.1) is 18.8 Å². The quantitative estimate of drug-likeness (QED) is 0.444. The van der Waals surface area contributed by atoms with E-state index in [4.69, 9.17) is 9.47 Å². The summed E-state index contributed by atoms with van der Waals surface area (Å²) >= 11 is 1.42. The lowest BCUT2D eigenvalue weighted by Crippen LogP contribution is -2.42. The second-order valence-corrected chi connectivity index (χ2v) is 9.91. The Labute approximate surface area is 210 Å². The Kier molecular flexibility index (Phi) is 7.54. The van der Waals surface area contributed by atoms with Crippen LogP contribution in [0.25, 0.3) is 5.69 Å². The number of likely N-dealkylation sites (N-methyl/N-ethyl adjacent to an activating group) is 1. The summed E-state index contributed by atoms with van der Waals surface area (Å²) in [6.45, 7) is 3.82. The van der Waals surface area contributed by atoms with Gasteiger partial charge in [0, 0.05) is 12.7 Å². The van der Waals surface area contributed by atoms with Crippen molar-refractivity contribution in [2.45, 2.75) is 37.1 Å². The van der Waals surface area contributed by atoms with Gasteiger partial charge in [-0.25, -0.2) is 0 Å². The predicted molar refractivity (Wildman–Crippen MR) is 135 cm³/mol. The van der Waals surface area contributed by atoms with Gasteiger partial charge in [-0.2, -0.15) is 0 Å². The van der Waals surface area contributed by atoms with Crippen LogP contribution in [0.3, 0.4) is 0 Å². The molecule has 5 rings (SSSR count). The number of nitrogens with zero attached hydrogens (tertiary/aromatic N) is 5. The molecule has 2 aliphatic heterocycles. The van der Waals surface area contributed by atoms with Gasteiger partial charge in [0.15, 0.2) is 28.6 Å². The molecule has 1 unspecified atom stereocenters. The average molecular weight is 494 g/mol. The Bertz CT molecular complexity index is 1130. The number of para-hydroxylation sites is 3. The average Bonchev–Trinajstić information content (AvgIpc) is 3.30. The highest BCUT2D eigenvalue weighted by atomic mass is 32.2. The number of likely N-dealkylation sites (tertiary alicyclic amines) is 1. The zero-order chi connectivity index (χ0) is 24.0. The third kappa shape index (κ3) is 5.79. The highest BCUT2D eigenvalue weighted by molar-refractivity contribution is 7.99. The molecule has 0 radical (unpaired) electrons. The fourth-order valence-corrected chi connectivity index (χ4v) is 5.36. The number of rotatable bonds is 8. The minimum atomic E-state index is -0.201. The lowest BCUT2D eigenvalue weighted by molar-refractivity contribution is -0.128. The van der Waals surface area contributed by atoms with Crippen molar-refractivity contribution >= 4 is 17.7 Å². The molecule has 0 N–H and O–H groups in total. The van der Waals surface area contributed by atoms with Crippen molar-refractivity contribution in [2.75, 3.05) is 39.0 Å². The minimum Gasteiger partial charge on any atom is -0.486 e. The standard InChI is InChI=1S/C26H31N5O3S/c1-29(16-21-18-33-22-12-6-7-13-23(22)34-21)25(32)19-35-26-28-27-24(17-30-14-8-3-9-15-30)31(26)20-10-4-2-5-11-20/h2,4-7,10-13,21H,3,8-9,14-19H2,1H3. The van der Waals surface area contributed by atoms with Gasteiger partial charge in [0.2, 0.25) is 5.91 Å². The van der Waals surface area contributed by atoms with E-state index < -0.39 is 0 Å². The summed E-state index contributed by atoms with van der Waals surface area (Å²) in [5, 5.41) is 9.71. The highest BCUT2D eigenvalue weighted by Crippen LogP contribution is 2.31. The molecule has 3 aromatic rings. The molecule has 3 heterocycles. The first-order valence-electron chi connectivity index (χ1n) is 12.1. The third-order valence-corrected chi connectivity index (χ3v) is 7.24. The number of aromatic nitrogens is 3. The van der Waals surface area contributed by atoms with Crippen molar-refractivity contribution in [2.24, 2.45) is 0 Å². The summed E-state index contributed by atoms with van der Waals surface area (Å²) in [4.78, 5) is 17.1. The van der Waals surface area contributed by atoms with E-state index in [9.17, 15) is 4.79 Å². The number of hydrogen-bond acceptors (Lipinski definition) is 7. The van der Waals surface area contributed by atoms with Gasteiger partial charge in [-0.05, 0) is 50.2 Å². The van der Waals surface area contributed by atoms with Crippen molar-refractivity contribution in [1.82, 2.24) is 24.6 Å². The molecule has 1 saturated heterocycles. The lowest BCUT2D eigenvalue weighted by Gasteiger charge is -2.29. The van der Waals surface area contributed by atoms with Gasteiger partial charge >= 0.3 is 0 Å². The van der Waals surface area contributed by atoms with E-state index in [1.54, 1.807) is 11.9 Å². The number of carbonyl (C=O) groups excluding carboxylic acids is 1. The van der Waals surface area contributed by atoms with Crippen LogP contribution >= 0.6 is 11.8 Å². The Hall–Kier alpha value is -3.04. The van der Waals surface area contributed by atoms with Crippen LogP contribution in [0.15, 0.2) is 59.8 Å². The van der Waals surface area contributed by atoms with E-state index in [-0.39, 0.29) is 17.8 Å². The smallest absolute Gasteiger partial charge is 0.232 e.